The topological polar surface area (TPSA) is 0 Å². The summed E-state index contributed by atoms with van der Waals surface area (Å²) in [5, 5.41) is 0. The fourth-order valence-electron chi connectivity index (χ4n) is 4.96. The van der Waals surface area contributed by atoms with E-state index in [0.29, 0.717) is 0 Å². The fraction of sp³-hybridized carbons (Fsp3) is 1.00. The van der Waals surface area contributed by atoms with Crippen LogP contribution >= 0.6 is 0 Å². The lowest BCUT2D eigenvalue weighted by atomic mass is 9.71. The van der Waals surface area contributed by atoms with Crippen LogP contribution in [0.15, 0.2) is 0 Å². The van der Waals surface area contributed by atoms with E-state index in [4.69, 9.17) is 0 Å². The Bertz CT molecular complexity index is 320. The Kier molecular flexibility index (Phi) is 9.98. The van der Waals surface area contributed by atoms with E-state index < -0.39 is 0 Å². The molecule has 0 saturated heterocycles. The third-order valence-corrected chi connectivity index (χ3v) is 7.89. The minimum atomic E-state index is 0.853. The molecule has 0 bridgehead atoms. The van der Waals surface area contributed by atoms with Crippen molar-refractivity contribution >= 4 is 0 Å². The Morgan fingerprint density at radius 3 is 1.46 bits per heavy atom. The minimum absolute atomic E-state index is 0.853. The predicted molar refractivity (Wildman–Crippen MR) is 110 cm³/mol. The van der Waals surface area contributed by atoms with Gasteiger partial charge in [0.15, 0.2) is 0 Å². The van der Waals surface area contributed by atoms with Gasteiger partial charge in [-0.2, -0.15) is 0 Å². The molecule has 0 N–H and O–H groups in total. The van der Waals surface area contributed by atoms with Crippen LogP contribution in [-0.2, 0) is 0 Å². The number of hydrogen-bond acceptors (Lipinski definition) is 0. The van der Waals surface area contributed by atoms with Crippen LogP contribution in [0.3, 0.4) is 0 Å². The molecule has 0 heterocycles. The van der Waals surface area contributed by atoms with Gasteiger partial charge in [0.25, 0.3) is 0 Å². The third kappa shape index (κ3) is 7.49. The smallest absolute Gasteiger partial charge is 0.0386 e. The van der Waals surface area contributed by atoms with Crippen LogP contribution in [-0.4, -0.2) is 0 Å². The summed E-state index contributed by atoms with van der Waals surface area (Å²) in [6.45, 7) is 20.1. The van der Waals surface area contributed by atoms with E-state index in [9.17, 15) is 0 Å². The Balaban J connectivity index is 2.72. The van der Waals surface area contributed by atoms with E-state index in [0.717, 1.165) is 47.3 Å². The molecule has 144 valence electrons. The quantitative estimate of drug-likeness (QED) is 0.418. The summed E-state index contributed by atoms with van der Waals surface area (Å²) in [5.74, 6) is 7.07. The third-order valence-electron chi connectivity index (χ3n) is 7.89. The second-order valence-corrected chi connectivity index (χ2v) is 10.2. The molecule has 0 amide bonds. The average Bonchev–Trinajstić information content (AvgIpc) is 2.54. The lowest BCUT2D eigenvalue weighted by molar-refractivity contribution is 0.145. The van der Waals surface area contributed by atoms with E-state index in [-0.39, 0.29) is 0 Å². The molecule has 1 saturated carbocycles. The SMILES string of the molecule is CC1CCCC(C)C(C)C(C)C(C)C(C)CC(C)CCC(C)CC1. The summed E-state index contributed by atoms with van der Waals surface area (Å²) in [6.07, 6.45) is 11.5. The van der Waals surface area contributed by atoms with Crippen molar-refractivity contribution in [2.75, 3.05) is 0 Å². The van der Waals surface area contributed by atoms with E-state index >= 15 is 0 Å². The molecule has 0 heteroatoms. The van der Waals surface area contributed by atoms with Crippen molar-refractivity contribution in [3.63, 3.8) is 0 Å². The van der Waals surface area contributed by atoms with Gasteiger partial charge in [-0.15, -0.1) is 0 Å². The summed E-state index contributed by atoms with van der Waals surface area (Å²) in [5.41, 5.74) is 0. The first kappa shape index (κ1) is 22.0. The Morgan fingerprint density at radius 2 is 0.875 bits per heavy atom. The molecule has 0 aromatic rings. The van der Waals surface area contributed by atoms with E-state index in [1.807, 2.05) is 0 Å². The van der Waals surface area contributed by atoms with Crippen LogP contribution in [0.25, 0.3) is 0 Å². The van der Waals surface area contributed by atoms with Crippen LogP contribution in [0.2, 0.25) is 0 Å². The molecule has 0 spiro atoms. The van der Waals surface area contributed by atoms with Gasteiger partial charge in [-0.3, -0.25) is 0 Å². The molecule has 1 fully saturated rings. The van der Waals surface area contributed by atoms with Crippen molar-refractivity contribution < 1.29 is 0 Å². The van der Waals surface area contributed by atoms with Gasteiger partial charge in [-0.1, -0.05) is 100 Å². The molecule has 0 radical (unpaired) electrons. The van der Waals surface area contributed by atoms with Crippen molar-refractivity contribution in [2.24, 2.45) is 47.3 Å². The van der Waals surface area contributed by atoms with Crippen LogP contribution in [0.4, 0.5) is 0 Å². The van der Waals surface area contributed by atoms with Gasteiger partial charge in [0, 0.05) is 0 Å². The van der Waals surface area contributed by atoms with Crippen molar-refractivity contribution in [1.29, 1.82) is 0 Å². The zero-order valence-corrected chi connectivity index (χ0v) is 18.3. The van der Waals surface area contributed by atoms with Crippen LogP contribution in [0.5, 0.6) is 0 Å². The lowest BCUT2D eigenvalue weighted by Crippen LogP contribution is -2.27. The van der Waals surface area contributed by atoms with Gasteiger partial charge in [0.2, 0.25) is 0 Å². The summed E-state index contributed by atoms with van der Waals surface area (Å²) < 4.78 is 0. The van der Waals surface area contributed by atoms with Gasteiger partial charge < -0.3 is 0 Å². The maximum atomic E-state index is 2.53. The molecular formula is C24H48. The average molecular weight is 337 g/mol. The summed E-state index contributed by atoms with van der Waals surface area (Å²) >= 11 is 0. The van der Waals surface area contributed by atoms with Crippen LogP contribution < -0.4 is 0 Å². The molecular weight excluding hydrogens is 288 g/mol. The monoisotopic (exact) mass is 336 g/mol. The molecule has 0 nitrogen and oxygen atoms in total. The van der Waals surface area contributed by atoms with Gasteiger partial charge in [-0.25, -0.2) is 0 Å². The summed E-state index contributed by atoms with van der Waals surface area (Å²) in [4.78, 5) is 0. The lowest BCUT2D eigenvalue weighted by Gasteiger charge is -2.35. The first-order valence-corrected chi connectivity index (χ1v) is 11.2. The van der Waals surface area contributed by atoms with Crippen LogP contribution in [0.1, 0.15) is 107 Å². The minimum Gasteiger partial charge on any atom is -0.0625 e. The highest BCUT2D eigenvalue weighted by Crippen LogP contribution is 2.36. The zero-order chi connectivity index (χ0) is 18.3. The van der Waals surface area contributed by atoms with Gasteiger partial charge >= 0.3 is 0 Å². The standard InChI is InChI=1S/C24H48/c1-17-10-9-11-20(4)22(6)24(8)23(7)21(5)16-19(3)15-14-18(2)13-12-17/h17-24H,9-16H2,1-8H3. The Labute approximate surface area is 154 Å². The maximum Gasteiger partial charge on any atom is -0.0386 e. The van der Waals surface area contributed by atoms with Gasteiger partial charge in [-0.05, 0) is 53.8 Å². The molecule has 1 aliphatic rings. The second kappa shape index (κ2) is 10.9. The molecule has 0 aromatic heterocycles. The van der Waals surface area contributed by atoms with E-state index in [1.54, 1.807) is 0 Å². The molecule has 0 aromatic carbocycles. The highest BCUT2D eigenvalue weighted by Gasteiger charge is 2.28. The highest BCUT2D eigenvalue weighted by atomic mass is 14.3. The fourth-order valence-corrected chi connectivity index (χ4v) is 4.96. The first-order chi connectivity index (χ1) is 11.2. The molecule has 8 atom stereocenters. The van der Waals surface area contributed by atoms with E-state index in [1.165, 1.54) is 51.4 Å². The first-order valence-electron chi connectivity index (χ1n) is 11.2. The molecule has 24 heavy (non-hydrogen) atoms. The Morgan fingerprint density at radius 1 is 0.417 bits per heavy atom. The van der Waals surface area contributed by atoms with Crippen molar-refractivity contribution in [3.05, 3.63) is 0 Å². The summed E-state index contributed by atoms with van der Waals surface area (Å²) in [6, 6.07) is 0. The summed E-state index contributed by atoms with van der Waals surface area (Å²) in [7, 11) is 0. The Hall–Kier alpha value is 0. The van der Waals surface area contributed by atoms with Crippen molar-refractivity contribution in [2.45, 2.75) is 107 Å². The molecule has 0 aliphatic heterocycles. The molecule has 1 rings (SSSR count). The number of hydrogen-bond donors (Lipinski definition) is 0. The maximum absolute atomic E-state index is 2.53. The largest absolute Gasteiger partial charge is 0.0625 e. The van der Waals surface area contributed by atoms with Crippen molar-refractivity contribution in [3.8, 4) is 0 Å². The highest BCUT2D eigenvalue weighted by molar-refractivity contribution is 4.77. The van der Waals surface area contributed by atoms with Gasteiger partial charge in [0.1, 0.15) is 0 Å². The normalized spacial score (nSPS) is 45.0. The second-order valence-electron chi connectivity index (χ2n) is 10.2. The van der Waals surface area contributed by atoms with E-state index in [2.05, 4.69) is 55.4 Å². The van der Waals surface area contributed by atoms with Gasteiger partial charge in [0.05, 0.1) is 0 Å². The zero-order valence-electron chi connectivity index (χ0n) is 18.3. The van der Waals surface area contributed by atoms with Crippen molar-refractivity contribution in [1.82, 2.24) is 0 Å². The molecule has 1 aliphatic carbocycles. The predicted octanol–water partition coefficient (Wildman–Crippen LogP) is 8.21. The number of rotatable bonds is 0. The van der Waals surface area contributed by atoms with Crippen LogP contribution in [0, 0.1) is 47.3 Å². The molecule has 8 unspecified atom stereocenters.